The van der Waals surface area contributed by atoms with Crippen molar-refractivity contribution in [3.05, 3.63) is 42.6 Å². The van der Waals surface area contributed by atoms with Crippen LogP contribution >= 0.6 is 0 Å². The molecule has 0 saturated carbocycles. The molecule has 1 rings (SSSR count). The van der Waals surface area contributed by atoms with Gasteiger partial charge in [0.25, 0.3) is 0 Å². The number of rotatable bonds is 3. The van der Waals surface area contributed by atoms with E-state index < -0.39 is 11.7 Å². The summed E-state index contributed by atoms with van der Waals surface area (Å²) in [5, 5.41) is 2.81. The molecule has 0 aliphatic rings. The number of benzene rings is 1. The van der Waals surface area contributed by atoms with Crippen LogP contribution in [0.5, 0.6) is 0 Å². The van der Waals surface area contributed by atoms with Crippen LogP contribution in [0.25, 0.3) is 0 Å². The third kappa shape index (κ3) is 8.21. The first-order valence-corrected chi connectivity index (χ1v) is 6.44. The van der Waals surface area contributed by atoms with E-state index in [0.717, 1.165) is 18.6 Å². The highest BCUT2D eigenvalue weighted by atomic mass is 19.4. The Labute approximate surface area is 128 Å². The molecule has 0 aromatic heterocycles. The lowest BCUT2D eigenvalue weighted by molar-refractivity contribution is -0.137. The predicted molar refractivity (Wildman–Crippen MR) is 84.4 cm³/mol. The van der Waals surface area contributed by atoms with Gasteiger partial charge in [-0.1, -0.05) is 13.5 Å². The summed E-state index contributed by atoms with van der Waals surface area (Å²) in [5.41, 5.74) is -0.223. The van der Waals surface area contributed by atoms with Crippen molar-refractivity contribution >= 4 is 17.9 Å². The molecule has 4 nitrogen and oxygen atoms in total. The average Bonchev–Trinajstić information content (AvgIpc) is 2.45. The van der Waals surface area contributed by atoms with Gasteiger partial charge in [0.2, 0.25) is 5.96 Å². The van der Waals surface area contributed by atoms with Crippen LogP contribution in [0, 0.1) is 0 Å². The second-order valence-electron chi connectivity index (χ2n) is 3.96. The number of aliphatic imine (C=N–C) groups is 2. The number of halogens is 3. The second kappa shape index (κ2) is 10.6. The monoisotopic (exact) mass is 315 g/mol. The van der Waals surface area contributed by atoms with E-state index in [9.17, 15) is 13.2 Å². The Morgan fingerprint density at radius 2 is 1.82 bits per heavy atom. The van der Waals surface area contributed by atoms with Gasteiger partial charge in [-0.15, -0.1) is 0 Å². The molecule has 0 aliphatic carbocycles. The van der Waals surface area contributed by atoms with Crippen molar-refractivity contribution in [1.29, 1.82) is 0 Å². The highest BCUT2D eigenvalue weighted by molar-refractivity contribution is 5.98. The van der Waals surface area contributed by atoms with E-state index in [1.165, 1.54) is 18.3 Å². The lowest BCUT2D eigenvalue weighted by Gasteiger charge is -2.08. The summed E-state index contributed by atoms with van der Waals surface area (Å²) in [6.07, 6.45) is -0.666. The molecule has 0 fully saturated rings. The molecular formula is C15H20F3N3O. The first-order chi connectivity index (χ1) is 10.4. The van der Waals surface area contributed by atoms with Crippen molar-refractivity contribution in [1.82, 2.24) is 0 Å². The summed E-state index contributed by atoms with van der Waals surface area (Å²) >= 11 is 0. The Bertz CT molecular complexity index is 494. The number of nitrogens with zero attached hydrogens (tertiary/aromatic N) is 2. The van der Waals surface area contributed by atoms with E-state index in [0.29, 0.717) is 5.69 Å². The van der Waals surface area contributed by atoms with Gasteiger partial charge in [0.1, 0.15) is 0 Å². The van der Waals surface area contributed by atoms with Gasteiger partial charge >= 0.3 is 6.18 Å². The Balaban J connectivity index is 0.00000135. The van der Waals surface area contributed by atoms with Crippen LogP contribution in [0.15, 0.2) is 47.0 Å². The Kier molecular flexibility index (Phi) is 9.53. The summed E-state index contributed by atoms with van der Waals surface area (Å²) in [6.45, 7) is 5.36. The zero-order chi connectivity index (χ0) is 17.0. The molecule has 1 aromatic carbocycles. The molecule has 0 heterocycles. The van der Waals surface area contributed by atoms with Crippen molar-refractivity contribution in [2.45, 2.75) is 19.5 Å². The highest BCUT2D eigenvalue weighted by Crippen LogP contribution is 2.29. The Morgan fingerprint density at radius 3 is 2.23 bits per heavy atom. The van der Waals surface area contributed by atoms with Crippen LogP contribution in [0.4, 0.5) is 18.9 Å². The van der Waals surface area contributed by atoms with Gasteiger partial charge in [-0.05, 0) is 30.7 Å². The van der Waals surface area contributed by atoms with Crippen molar-refractivity contribution in [3.63, 3.8) is 0 Å². The highest BCUT2D eigenvalue weighted by Gasteiger charge is 2.29. The summed E-state index contributed by atoms with van der Waals surface area (Å²) in [6, 6.07) is 4.64. The molecule has 0 spiro atoms. The SMILES string of the molecule is C=CN=C(/N=C/CC)Nc1ccc(C(F)(F)F)cc1.COC. The summed E-state index contributed by atoms with van der Waals surface area (Å²) in [7, 11) is 3.25. The molecule has 0 aliphatic heterocycles. The van der Waals surface area contributed by atoms with Crippen molar-refractivity contribution in [2.75, 3.05) is 19.5 Å². The van der Waals surface area contributed by atoms with E-state index in [1.54, 1.807) is 20.4 Å². The van der Waals surface area contributed by atoms with E-state index in [4.69, 9.17) is 0 Å². The zero-order valence-electron chi connectivity index (χ0n) is 12.8. The van der Waals surface area contributed by atoms with E-state index >= 15 is 0 Å². The van der Waals surface area contributed by atoms with Crippen LogP contribution in [-0.4, -0.2) is 26.4 Å². The van der Waals surface area contributed by atoms with E-state index in [1.807, 2.05) is 6.92 Å². The number of anilines is 1. The molecule has 122 valence electrons. The molecule has 7 heteroatoms. The van der Waals surface area contributed by atoms with Crippen molar-refractivity contribution in [3.8, 4) is 0 Å². The standard InChI is InChI=1S/C13H14F3N3.C2H6O/c1-3-9-18-12(17-4-2)19-11-7-5-10(6-8-11)13(14,15)16;1-3-2/h4-9H,2-3H2,1H3,(H,17,19);1-2H3/b18-9+;. The van der Waals surface area contributed by atoms with Gasteiger partial charge in [-0.25, -0.2) is 9.98 Å². The third-order valence-corrected chi connectivity index (χ3v) is 2.08. The van der Waals surface area contributed by atoms with Crippen LogP contribution in [0.3, 0.4) is 0 Å². The molecule has 0 saturated heterocycles. The minimum atomic E-state index is -4.34. The molecule has 22 heavy (non-hydrogen) atoms. The fourth-order valence-corrected chi connectivity index (χ4v) is 1.23. The number of nitrogens with one attached hydrogen (secondary N) is 1. The Hall–Kier alpha value is -2.15. The lowest BCUT2D eigenvalue weighted by Crippen LogP contribution is -2.10. The molecule has 0 atom stereocenters. The molecule has 1 aromatic rings. The van der Waals surface area contributed by atoms with Crippen LogP contribution < -0.4 is 5.32 Å². The lowest BCUT2D eigenvalue weighted by atomic mass is 10.2. The maximum absolute atomic E-state index is 12.4. The van der Waals surface area contributed by atoms with Crippen molar-refractivity contribution < 1.29 is 17.9 Å². The number of hydrogen-bond acceptors (Lipinski definition) is 2. The molecular weight excluding hydrogens is 295 g/mol. The first-order valence-electron chi connectivity index (χ1n) is 6.44. The fourth-order valence-electron chi connectivity index (χ4n) is 1.23. The second-order valence-corrected chi connectivity index (χ2v) is 3.96. The van der Waals surface area contributed by atoms with Gasteiger partial charge in [0, 0.05) is 32.3 Å². The largest absolute Gasteiger partial charge is 0.416 e. The topological polar surface area (TPSA) is 46.0 Å². The molecule has 0 amide bonds. The quantitative estimate of drug-likeness (QED) is 0.665. The average molecular weight is 315 g/mol. The normalized spacial score (nSPS) is 11.8. The molecule has 0 bridgehead atoms. The van der Waals surface area contributed by atoms with Gasteiger partial charge in [0.15, 0.2) is 0 Å². The van der Waals surface area contributed by atoms with E-state index in [2.05, 4.69) is 26.6 Å². The Morgan fingerprint density at radius 1 is 1.27 bits per heavy atom. The zero-order valence-corrected chi connectivity index (χ0v) is 12.8. The molecule has 1 N–H and O–H groups in total. The van der Waals surface area contributed by atoms with Crippen molar-refractivity contribution in [2.24, 2.45) is 9.98 Å². The molecule has 0 unspecified atom stereocenters. The minimum Gasteiger partial charge on any atom is -0.388 e. The summed E-state index contributed by atoms with van der Waals surface area (Å²) in [5.74, 6) is 0.275. The summed E-state index contributed by atoms with van der Waals surface area (Å²) in [4.78, 5) is 7.90. The number of ether oxygens (including phenoxy) is 1. The van der Waals surface area contributed by atoms with Gasteiger partial charge in [0.05, 0.1) is 5.56 Å². The number of alkyl halides is 3. The molecule has 0 radical (unpaired) electrons. The van der Waals surface area contributed by atoms with Crippen LogP contribution in [0.2, 0.25) is 0 Å². The van der Waals surface area contributed by atoms with Gasteiger partial charge < -0.3 is 10.1 Å². The predicted octanol–water partition coefficient (Wildman–Crippen LogP) is 4.36. The summed E-state index contributed by atoms with van der Waals surface area (Å²) < 4.78 is 41.4. The number of hydrogen-bond donors (Lipinski definition) is 1. The maximum atomic E-state index is 12.4. The number of guanidine groups is 1. The minimum absolute atomic E-state index is 0.275. The third-order valence-electron chi connectivity index (χ3n) is 2.08. The van der Waals surface area contributed by atoms with Crippen LogP contribution in [-0.2, 0) is 10.9 Å². The van der Waals surface area contributed by atoms with Gasteiger partial charge in [-0.3, -0.25) is 0 Å². The fraction of sp³-hybridized carbons (Fsp3) is 0.333. The van der Waals surface area contributed by atoms with E-state index in [-0.39, 0.29) is 5.96 Å². The maximum Gasteiger partial charge on any atom is 0.416 e. The first kappa shape index (κ1) is 19.9. The van der Waals surface area contributed by atoms with Gasteiger partial charge in [-0.2, -0.15) is 13.2 Å². The smallest absolute Gasteiger partial charge is 0.388 e. The number of methoxy groups -OCH3 is 1. The van der Waals surface area contributed by atoms with Crippen LogP contribution in [0.1, 0.15) is 18.9 Å².